The third-order valence-electron chi connectivity index (χ3n) is 2.10. The van der Waals surface area contributed by atoms with Crippen molar-refractivity contribution in [3.8, 4) is 6.07 Å². The lowest BCUT2D eigenvalue weighted by Gasteiger charge is -1.97. The second-order valence-corrected chi connectivity index (χ2v) is 4.22. The molecule has 0 saturated carbocycles. The number of nitriles is 1. The molecule has 0 spiro atoms. The van der Waals surface area contributed by atoms with Gasteiger partial charge in [-0.25, -0.2) is 4.79 Å². The Morgan fingerprint density at radius 3 is 2.88 bits per heavy atom. The topological polar surface area (TPSA) is 102 Å². The van der Waals surface area contributed by atoms with Crippen molar-refractivity contribution in [3.05, 3.63) is 39.1 Å². The molecule has 2 aromatic rings. The molecule has 0 unspecified atom stereocenters. The maximum Gasteiger partial charge on any atom is 0.326 e. The van der Waals surface area contributed by atoms with Gasteiger partial charge in [0, 0.05) is 6.54 Å². The van der Waals surface area contributed by atoms with Crippen molar-refractivity contribution >= 4 is 26.6 Å². The van der Waals surface area contributed by atoms with E-state index in [1.807, 2.05) is 6.07 Å². The van der Waals surface area contributed by atoms with Crippen molar-refractivity contribution in [3.63, 3.8) is 0 Å². The zero-order valence-corrected chi connectivity index (χ0v) is 9.48. The van der Waals surface area contributed by atoms with Crippen molar-refractivity contribution in [2.24, 2.45) is 0 Å². The predicted molar refractivity (Wildman–Crippen MR) is 66.5 cm³/mol. The maximum atomic E-state index is 11.5. The van der Waals surface area contributed by atoms with E-state index < -0.39 is 11.2 Å². The lowest BCUT2D eigenvalue weighted by Crippen LogP contribution is -2.20. The fraction of sp³-hybridized carbons (Fsp3) is 0.100. The number of thiophene rings is 1. The summed E-state index contributed by atoms with van der Waals surface area (Å²) in [5.74, 6) is 0. The van der Waals surface area contributed by atoms with Gasteiger partial charge in [0.1, 0.15) is 21.3 Å². The minimum absolute atomic E-state index is 0.273. The normalized spacial score (nSPS) is 10.1. The number of rotatable bonds is 3. The number of hydrogen-bond acceptors (Lipinski definition) is 5. The van der Waals surface area contributed by atoms with Crippen molar-refractivity contribution in [1.82, 2.24) is 9.97 Å². The van der Waals surface area contributed by atoms with Gasteiger partial charge in [0.05, 0.1) is 5.52 Å². The Balaban J connectivity index is 2.76. The summed E-state index contributed by atoms with van der Waals surface area (Å²) in [7, 11) is 0. The van der Waals surface area contributed by atoms with E-state index in [1.54, 1.807) is 6.08 Å². The second kappa shape index (κ2) is 4.27. The van der Waals surface area contributed by atoms with Gasteiger partial charge in [-0.3, -0.25) is 9.78 Å². The number of nitrogens with one attached hydrogen (secondary N) is 3. The molecular weight excluding hydrogens is 240 g/mol. The van der Waals surface area contributed by atoms with Crippen molar-refractivity contribution in [1.29, 1.82) is 5.26 Å². The Morgan fingerprint density at radius 2 is 2.24 bits per heavy atom. The molecule has 0 aliphatic heterocycles. The smallest absolute Gasteiger partial charge is 0.326 e. The van der Waals surface area contributed by atoms with Crippen LogP contribution in [0.4, 0.5) is 5.00 Å². The van der Waals surface area contributed by atoms with Crippen LogP contribution in [0.1, 0.15) is 5.56 Å². The molecular formula is C10H8N4O2S. The molecule has 0 aliphatic carbocycles. The van der Waals surface area contributed by atoms with E-state index in [9.17, 15) is 9.59 Å². The third-order valence-corrected chi connectivity index (χ3v) is 3.25. The van der Waals surface area contributed by atoms with Gasteiger partial charge in [-0.15, -0.1) is 17.9 Å². The Labute approximate surface area is 99.2 Å². The fourth-order valence-corrected chi connectivity index (χ4v) is 2.42. The van der Waals surface area contributed by atoms with Crippen LogP contribution in [0, 0.1) is 11.3 Å². The highest BCUT2D eigenvalue weighted by molar-refractivity contribution is 7.23. The molecule has 0 aliphatic rings. The second-order valence-electron chi connectivity index (χ2n) is 3.20. The molecule has 0 fully saturated rings. The quantitative estimate of drug-likeness (QED) is 0.697. The van der Waals surface area contributed by atoms with E-state index in [-0.39, 0.29) is 11.1 Å². The minimum atomic E-state index is -0.618. The van der Waals surface area contributed by atoms with E-state index in [2.05, 4.69) is 21.9 Å². The Kier molecular flexibility index (Phi) is 2.80. The summed E-state index contributed by atoms with van der Waals surface area (Å²) in [5.41, 5.74) is -0.558. The van der Waals surface area contributed by atoms with Crippen molar-refractivity contribution in [2.45, 2.75) is 0 Å². The summed E-state index contributed by atoms with van der Waals surface area (Å²) in [6.07, 6.45) is 1.64. The van der Waals surface area contributed by atoms with Gasteiger partial charge < -0.3 is 10.3 Å². The Bertz CT molecular complexity index is 731. The van der Waals surface area contributed by atoms with Crippen LogP contribution in [-0.4, -0.2) is 16.5 Å². The van der Waals surface area contributed by atoms with Crippen LogP contribution in [0.5, 0.6) is 0 Å². The van der Waals surface area contributed by atoms with Crippen LogP contribution in [-0.2, 0) is 0 Å². The lowest BCUT2D eigenvalue weighted by atomic mass is 10.3. The first kappa shape index (κ1) is 11.2. The summed E-state index contributed by atoms with van der Waals surface area (Å²) in [6.45, 7) is 4.03. The molecule has 7 heteroatoms. The van der Waals surface area contributed by atoms with Gasteiger partial charge in [-0.1, -0.05) is 6.08 Å². The zero-order valence-electron chi connectivity index (χ0n) is 8.66. The molecule has 3 N–H and O–H groups in total. The first-order chi connectivity index (χ1) is 8.17. The number of H-pyrrole nitrogens is 2. The molecule has 0 amide bonds. The summed E-state index contributed by atoms with van der Waals surface area (Å²) < 4.78 is 0.327. The molecule has 0 radical (unpaired) electrons. The summed E-state index contributed by atoms with van der Waals surface area (Å²) >= 11 is 1.13. The lowest BCUT2D eigenvalue weighted by molar-refractivity contribution is 1.09. The van der Waals surface area contributed by atoms with Crippen LogP contribution in [0.25, 0.3) is 10.2 Å². The van der Waals surface area contributed by atoms with Crippen molar-refractivity contribution in [2.75, 3.05) is 11.9 Å². The highest BCUT2D eigenvalue weighted by Gasteiger charge is 2.14. The standard InChI is InChI=1S/C10H8N4O2S/c1-2-3-12-9-5(4-11)6-7(17-9)8(15)14-10(16)13-6/h2,12H,1,3H2,(H2,13,14,15,16). The molecule has 17 heavy (non-hydrogen) atoms. The van der Waals surface area contributed by atoms with Crippen LogP contribution in [0.2, 0.25) is 0 Å². The summed E-state index contributed by atoms with van der Waals surface area (Å²) in [5, 5.41) is 12.5. The van der Waals surface area contributed by atoms with Gasteiger partial charge in [0.2, 0.25) is 0 Å². The number of anilines is 1. The van der Waals surface area contributed by atoms with Gasteiger partial charge in [-0.05, 0) is 0 Å². The van der Waals surface area contributed by atoms with Crippen LogP contribution >= 0.6 is 11.3 Å². The number of aromatic amines is 2. The molecule has 0 atom stereocenters. The Hall–Kier alpha value is -2.33. The molecule has 0 bridgehead atoms. The average Bonchev–Trinajstić information content (AvgIpc) is 2.64. The van der Waals surface area contributed by atoms with E-state index in [4.69, 9.17) is 5.26 Å². The molecule has 2 rings (SSSR count). The Morgan fingerprint density at radius 1 is 1.47 bits per heavy atom. The van der Waals surface area contributed by atoms with Gasteiger partial charge >= 0.3 is 5.69 Å². The van der Waals surface area contributed by atoms with E-state index in [0.717, 1.165) is 11.3 Å². The minimum Gasteiger partial charge on any atom is -0.372 e. The molecule has 0 aromatic carbocycles. The molecule has 6 nitrogen and oxygen atoms in total. The first-order valence-corrected chi connectivity index (χ1v) is 5.53. The van der Waals surface area contributed by atoms with Crippen molar-refractivity contribution < 1.29 is 0 Å². The number of fused-ring (bicyclic) bond motifs is 1. The molecule has 86 valence electrons. The number of hydrogen-bond donors (Lipinski definition) is 3. The van der Waals surface area contributed by atoms with Crippen LogP contribution < -0.4 is 16.6 Å². The summed E-state index contributed by atoms with van der Waals surface area (Å²) in [4.78, 5) is 27.3. The number of nitrogens with zero attached hydrogens (tertiary/aromatic N) is 1. The zero-order chi connectivity index (χ0) is 12.4. The SMILES string of the molecule is C=CCNc1sc2c(=O)[nH]c(=O)[nH]c2c1C#N. The molecule has 2 heterocycles. The van der Waals surface area contributed by atoms with E-state index in [1.165, 1.54) is 0 Å². The third kappa shape index (κ3) is 1.86. The number of aromatic nitrogens is 2. The molecule has 0 saturated heterocycles. The predicted octanol–water partition coefficient (Wildman–Crippen LogP) is 0.747. The van der Waals surface area contributed by atoms with Crippen LogP contribution in [0.15, 0.2) is 22.2 Å². The van der Waals surface area contributed by atoms with E-state index >= 15 is 0 Å². The monoisotopic (exact) mass is 248 g/mol. The van der Waals surface area contributed by atoms with Crippen LogP contribution in [0.3, 0.4) is 0 Å². The highest BCUT2D eigenvalue weighted by Crippen LogP contribution is 2.30. The average molecular weight is 248 g/mol. The maximum absolute atomic E-state index is 11.5. The highest BCUT2D eigenvalue weighted by atomic mass is 32.1. The summed E-state index contributed by atoms with van der Waals surface area (Å²) in [6, 6.07) is 1.97. The van der Waals surface area contributed by atoms with E-state index in [0.29, 0.717) is 16.2 Å². The molecule has 2 aromatic heterocycles. The first-order valence-electron chi connectivity index (χ1n) is 4.71. The van der Waals surface area contributed by atoms with Gasteiger partial charge in [-0.2, -0.15) is 5.26 Å². The fourth-order valence-electron chi connectivity index (χ4n) is 1.41. The van der Waals surface area contributed by atoms with Gasteiger partial charge in [0.15, 0.2) is 0 Å². The van der Waals surface area contributed by atoms with Gasteiger partial charge in [0.25, 0.3) is 5.56 Å². The largest absolute Gasteiger partial charge is 0.372 e.